The average Bonchev–Trinajstić information content (AvgIpc) is 3.00. The molecule has 0 spiro atoms. The van der Waals surface area contributed by atoms with Crippen molar-refractivity contribution < 1.29 is 28.6 Å². The number of benzene rings is 2. The number of para-hydroxylation sites is 1. The Hall–Kier alpha value is -2.97. The topological polar surface area (TPSA) is 82.1 Å². The van der Waals surface area contributed by atoms with E-state index in [0.29, 0.717) is 11.3 Å². The molecule has 0 aliphatic carbocycles. The lowest BCUT2D eigenvalue weighted by Crippen LogP contribution is -2.27. The number of halogens is 1. The maximum atomic E-state index is 12.7. The average molecular weight is 434 g/mol. The van der Waals surface area contributed by atoms with Crippen LogP contribution in [0.4, 0.5) is 10.5 Å². The van der Waals surface area contributed by atoms with E-state index in [1.165, 1.54) is 14.2 Å². The van der Waals surface area contributed by atoms with Gasteiger partial charge in [0.25, 0.3) is 11.1 Å². The lowest BCUT2D eigenvalue weighted by molar-refractivity contribution is -0.142. The van der Waals surface area contributed by atoms with Crippen LogP contribution >= 0.6 is 23.4 Å². The van der Waals surface area contributed by atoms with Crippen molar-refractivity contribution in [2.45, 2.75) is 0 Å². The molecule has 1 aliphatic heterocycles. The molecule has 3 rings (SSSR count). The largest absolute Gasteiger partial charge is 0.493 e. The fraction of sp³-hybridized carbons (Fsp3) is 0.150. The SMILES string of the molecule is COC(=O)COc1c(Cl)cc(/C=C2\SC(=O)N(c3ccccc3)C2=O)cc1OC. The summed E-state index contributed by atoms with van der Waals surface area (Å²) >= 11 is 7.09. The minimum absolute atomic E-state index is 0.175. The van der Waals surface area contributed by atoms with Gasteiger partial charge < -0.3 is 14.2 Å². The highest BCUT2D eigenvalue weighted by atomic mass is 35.5. The van der Waals surface area contributed by atoms with Crippen LogP contribution in [0, 0.1) is 0 Å². The van der Waals surface area contributed by atoms with Crippen molar-refractivity contribution in [3.63, 3.8) is 0 Å². The molecule has 0 N–H and O–H groups in total. The van der Waals surface area contributed by atoms with Gasteiger partial charge in [0.2, 0.25) is 0 Å². The summed E-state index contributed by atoms with van der Waals surface area (Å²) in [7, 11) is 2.67. The van der Waals surface area contributed by atoms with Gasteiger partial charge in [0.1, 0.15) is 0 Å². The highest BCUT2D eigenvalue weighted by Crippen LogP contribution is 2.39. The van der Waals surface area contributed by atoms with Crippen molar-refractivity contribution in [1.29, 1.82) is 0 Å². The van der Waals surface area contributed by atoms with Crippen LogP contribution in [-0.2, 0) is 14.3 Å². The monoisotopic (exact) mass is 433 g/mol. The molecule has 2 aromatic carbocycles. The minimum atomic E-state index is -0.568. The van der Waals surface area contributed by atoms with Crippen LogP contribution in [0.25, 0.3) is 6.08 Å². The Morgan fingerprint density at radius 1 is 1.17 bits per heavy atom. The molecule has 150 valence electrons. The van der Waals surface area contributed by atoms with Crippen molar-refractivity contribution in [1.82, 2.24) is 0 Å². The van der Waals surface area contributed by atoms with E-state index in [2.05, 4.69) is 4.74 Å². The van der Waals surface area contributed by atoms with E-state index in [4.69, 9.17) is 21.1 Å². The van der Waals surface area contributed by atoms with Crippen LogP contribution in [-0.4, -0.2) is 37.9 Å². The maximum Gasteiger partial charge on any atom is 0.343 e. The van der Waals surface area contributed by atoms with Crippen molar-refractivity contribution in [3.8, 4) is 11.5 Å². The number of thioether (sulfide) groups is 1. The fourth-order valence-corrected chi connectivity index (χ4v) is 3.69. The molecule has 7 nitrogen and oxygen atoms in total. The molecule has 0 unspecified atom stereocenters. The fourth-order valence-electron chi connectivity index (χ4n) is 2.57. The zero-order valence-corrected chi connectivity index (χ0v) is 17.1. The summed E-state index contributed by atoms with van der Waals surface area (Å²) in [6.07, 6.45) is 1.55. The van der Waals surface area contributed by atoms with E-state index >= 15 is 0 Å². The molecule has 2 aromatic rings. The summed E-state index contributed by atoms with van der Waals surface area (Å²) in [6, 6.07) is 11.8. The number of anilines is 1. The normalized spacial score (nSPS) is 15.0. The van der Waals surface area contributed by atoms with Crippen molar-refractivity contribution in [2.24, 2.45) is 0 Å². The number of methoxy groups -OCH3 is 2. The van der Waals surface area contributed by atoms with Gasteiger partial charge in [-0.1, -0.05) is 29.8 Å². The zero-order valence-electron chi connectivity index (χ0n) is 15.5. The smallest absolute Gasteiger partial charge is 0.343 e. The molecular formula is C20H16ClNO6S. The number of amides is 2. The number of ether oxygens (including phenoxy) is 3. The van der Waals surface area contributed by atoms with Crippen molar-refractivity contribution >= 4 is 52.2 Å². The van der Waals surface area contributed by atoms with E-state index in [-0.39, 0.29) is 33.3 Å². The van der Waals surface area contributed by atoms with Gasteiger partial charge in [-0.15, -0.1) is 0 Å². The summed E-state index contributed by atoms with van der Waals surface area (Å²) in [5, 5.41) is -0.203. The summed E-state index contributed by atoms with van der Waals surface area (Å²) in [6.45, 7) is -0.331. The van der Waals surface area contributed by atoms with E-state index in [0.717, 1.165) is 16.7 Å². The third-order valence-electron chi connectivity index (χ3n) is 3.92. The third-order valence-corrected chi connectivity index (χ3v) is 5.07. The first-order valence-corrected chi connectivity index (χ1v) is 9.54. The molecular weight excluding hydrogens is 418 g/mol. The van der Waals surface area contributed by atoms with Gasteiger partial charge >= 0.3 is 5.97 Å². The number of carbonyl (C=O) groups excluding carboxylic acids is 3. The number of imide groups is 1. The highest BCUT2D eigenvalue weighted by molar-refractivity contribution is 8.19. The summed E-state index contributed by atoms with van der Waals surface area (Å²) < 4.78 is 15.2. The van der Waals surface area contributed by atoms with Crippen molar-refractivity contribution in [3.05, 3.63) is 58.0 Å². The quantitative estimate of drug-likeness (QED) is 0.500. The van der Waals surface area contributed by atoms with Crippen LogP contribution < -0.4 is 14.4 Å². The van der Waals surface area contributed by atoms with E-state index in [1.54, 1.807) is 48.5 Å². The van der Waals surface area contributed by atoms with Crippen LogP contribution in [0.3, 0.4) is 0 Å². The van der Waals surface area contributed by atoms with Gasteiger partial charge in [-0.25, -0.2) is 9.69 Å². The molecule has 9 heteroatoms. The predicted molar refractivity (Wildman–Crippen MR) is 110 cm³/mol. The van der Waals surface area contributed by atoms with Gasteiger partial charge in [-0.3, -0.25) is 9.59 Å². The lowest BCUT2D eigenvalue weighted by Gasteiger charge is -2.13. The lowest BCUT2D eigenvalue weighted by atomic mass is 10.1. The third kappa shape index (κ3) is 4.55. The van der Waals surface area contributed by atoms with Gasteiger partial charge in [-0.2, -0.15) is 0 Å². The van der Waals surface area contributed by atoms with Gasteiger partial charge in [0.15, 0.2) is 18.1 Å². The first-order valence-electron chi connectivity index (χ1n) is 8.34. The summed E-state index contributed by atoms with van der Waals surface area (Å²) in [5.41, 5.74) is 1.04. The molecule has 1 heterocycles. The Labute approximate surface area is 176 Å². The van der Waals surface area contributed by atoms with Crippen LogP contribution in [0.15, 0.2) is 47.4 Å². The number of carbonyl (C=O) groups is 3. The Bertz CT molecular complexity index is 992. The second kappa shape index (κ2) is 9.02. The van der Waals surface area contributed by atoms with E-state index in [9.17, 15) is 14.4 Å². The van der Waals surface area contributed by atoms with Gasteiger partial charge in [-0.05, 0) is 47.7 Å². The summed E-state index contributed by atoms with van der Waals surface area (Å²) in [4.78, 5) is 37.7. The van der Waals surface area contributed by atoms with Crippen LogP contribution in [0.1, 0.15) is 5.56 Å². The zero-order chi connectivity index (χ0) is 21.0. The van der Waals surface area contributed by atoms with Crippen molar-refractivity contribution in [2.75, 3.05) is 25.7 Å². The molecule has 1 fully saturated rings. The van der Waals surface area contributed by atoms with E-state index in [1.807, 2.05) is 0 Å². The Balaban J connectivity index is 1.88. The maximum absolute atomic E-state index is 12.7. The summed E-state index contributed by atoms with van der Waals surface area (Å²) in [5.74, 6) is -0.543. The molecule has 2 amide bonds. The molecule has 1 saturated heterocycles. The Morgan fingerprint density at radius 3 is 2.55 bits per heavy atom. The van der Waals surface area contributed by atoms with Gasteiger partial charge in [0, 0.05) is 0 Å². The second-order valence-corrected chi connectivity index (χ2v) is 7.15. The first-order chi connectivity index (χ1) is 13.9. The van der Waals surface area contributed by atoms with Crippen LogP contribution in [0.5, 0.6) is 11.5 Å². The number of hydrogen-bond donors (Lipinski definition) is 0. The van der Waals surface area contributed by atoms with Gasteiger partial charge in [0.05, 0.1) is 29.8 Å². The molecule has 0 saturated carbocycles. The van der Waals surface area contributed by atoms with E-state index < -0.39 is 11.9 Å². The number of rotatable bonds is 6. The highest BCUT2D eigenvalue weighted by Gasteiger charge is 2.36. The van der Waals surface area contributed by atoms with Crippen LogP contribution in [0.2, 0.25) is 5.02 Å². The standard InChI is InChI=1S/C20H16ClNO6S/c1-26-15-9-12(8-14(21)18(15)28-11-17(23)27-2)10-16-19(24)22(20(25)29-16)13-6-4-3-5-7-13/h3-10H,11H2,1-2H3/b16-10-. The minimum Gasteiger partial charge on any atom is -0.493 e. The number of hydrogen-bond acceptors (Lipinski definition) is 7. The molecule has 0 aromatic heterocycles. The number of nitrogens with zero attached hydrogens (tertiary/aromatic N) is 1. The molecule has 0 radical (unpaired) electrons. The number of esters is 1. The molecule has 0 atom stereocenters. The molecule has 1 aliphatic rings. The Kier molecular flexibility index (Phi) is 6.46. The predicted octanol–water partition coefficient (Wildman–Crippen LogP) is 4.14. The first kappa shape index (κ1) is 20.8. The molecule has 0 bridgehead atoms. The second-order valence-electron chi connectivity index (χ2n) is 5.75. The Morgan fingerprint density at radius 2 is 1.90 bits per heavy atom. The molecule has 29 heavy (non-hydrogen) atoms.